The first-order valence-electron chi connectivity index (χ1n) is 9.11. The maximum absolute atomic E-state index is 4.39. The van der Waals surface area contributed by atoms with E-state index < -0.39 is 0 Å². The Kier molecular flexibility index (Phi) is 7.50. The van der Waals surface area contributed by atoms with Gasteiger partial charge in [0.1, 0.15) is 0 Å². The molecule has 8 heteroatoms. The van der Waals surface area contributed by atoms with Crippen molar-refractivity contribution in [2.75, 3.05) is 23.4 Å². The number of benzene rings is 2. The number of H-pyrrole nitrogens is 1. The monoisotopic (exact) mass is 458 g/mol. The van der Waals surface area contributed by atoms with Gasteiger partial charge in [-0.1, -0.05) is 52.0 Å². The number of anilines is 2. The van der Waals surface area contributed by atoms with Crippen LogP contribution in [0.1, 0.15) is 25.0 Å². The van der Waals surface area contributed by atoms with E-state index in [0.717, 1.165) is 28.9 Å². The molecule has 0 radical (unpaired) electrons. The maximum atomic E-state index is 4.39. The standard InChI is InChI=1S/C20H23BrN6S/c1-3-27(4-2)18-10-8-15(9-11-18)13-22-24-19-23-20(26-25-19)28-14-16-6-5-7-17(21)12-16/h5-13H,3-4,14H2,1-2H3,(H2,23,24,25,26)/b22-13-. The molecule has 146 valence electrons. The number of halogens is 1. The summed E-state index contributed by atoms with van der Waals surface area (Å²) in [5.74, 6) is 1.33. The smallest absolute Gasteiger partial charge is 0.240 e. The van der Waals surface area contributed by atoms with E-state index in [2.05, 4.69) is 96.8 Å². The molecule has 0 fully saturated rings. The number of nitrogens with zero attached hydrogens (tertiary/aromatic N) is 4. The topological polar surface area (TPSA) is 69.2 Å². The predicted octanol–water partition coefficient (Wildman–Crippen LogP) is 5.15. The van der Waals surface area contributed by atoms with Gasteiger partial charge in [-0.2, -0.15) is 10.1 Å². The minimum absolute atomic E-state index is 0.521. The molecule has 1 heterocycles. The second kappa shape index (κ2) is 10.3. The van der Waals surface area contributed by atoms with Gasteiger partial charge in [-0.25, -0.2) is 10.5 Å². The van der Waals surface area contributed by atoms with Crippen LogP contribution in [0, 0.1) is 0 Å². The van der Waals surface area contributed by atoms with Crippen LogP contribution in [0.15, 0.2) is 63.3 Å². The summed E-state index contributed by atoms with van der Waals surface area (Å²) in [6.45, 7) is 6.31. The fourth-order valence-electron chi connectivity index (χ4n) is 2.66. The third kappa shape index (κ3) is 5.84. The van der Waals surface area contributed by atoms with Crippen molar-refractivity contribution in [3.63, 3.8) is 0 Å². The molecule has 2 aromatic carbocycles. The van der Waals surface area contributed by atoms with E-state index in [1.54, 1.807) is 18.0 Å². The van der Waals surface area contributed by atoms with E-state index in [1.165, 1.54) is 11.3 Å². The number of nitrogens with one attached hydrogen (secondary N) is 2. The van der Waals surface area contributed by atoms with Crippen LogP contribution in [-0.4, -0.2) is 34.5 Å². The van der Waals surface area contributed by atoms with Gasteiger partial charge >= 0.3 is 0 Å². The van der Waals surface area contributed by atoms with Gasteiger partial charge in [0.05, 0.1) is 6.21 Å². The van der Waals surface area contributed by atoms with E-state index in [1.807, 2.05) is 12.1 Å². The average Bonchev–Trinajstić information content (AvgIpc) is 3.16. The minimum Gasteiger partial charge on any atom is -0.372 e. The highest BCUT2D eigenvalue weighted by Gasteiger charge is 2.04. The minimum atomic E-state index is 0.521. The first-order valence-corrected chi connectivity index (χ1v) is 10.9. The zero-order valence-electron chi connectivity index (χ0n) is 15.9. The van der Waals surface area contributed by atoms with Crippen LogP contribution in [0.25, 0.3) is 0 Å². The quantitative estimate of drug-likeness (QED) is 0.263. The van der Waals surface area contributed by atoms with Crippen molar-refractivity contribution in [2.24, 2.45) is 5.10 Å². The molecule has 2 N–H and O–H groups in total. The van der Waals surface area contributed by atoms with Gasteiger partial charge in [-0.05, 0) is 49.2 Å². The number of rotatable bonds is 9. The van der Waals surface area contributed by atoms with Crippen molar-refractivity contribution in [3.05, 3.63) is 64.1 Å². The molecule has 3 aromatic rings. The van der Waals surface area contributed by atoms with Crippen LogP contribution in [0.5, 0.6) is 0 Å². The first-order chi connectivity index (χ1) is 13.7. The van der Waals surface area contributed by atoms with E-state index in [4.69, 9.17) is 0 Å². The van der Waals surface area contributed by atoms with E-state index in [0.29, 0.717) is 11.1 Å². The lowest BCUT2D eigenvalue weighted by atomic mass is 10.2. The molecule has 3 rings (SSSR count). The largest absolute Gasteiger partial charge is 0.372 e. The average molecular weight is 459 g/mol. The Balaban J connectivity index is 1.51. The molecule has 0 spiro atoms. The molecular formula is C20H23BrN6S. The normalized spacial score (nSPS) is 11.1. The molecule has 28 heavy (non-hydrogen) atoms. The van der Waals surface area contributed by atoms with Gasteiger partial charge in [0.2, 0.25) is 11.1 Å². The summed E-state index contributed by atoms with van der Waals surface area (Å²) in [4.78, 5) is 6.70. The Bertz CT molecular complexity index is 905. The lowest BCUT2D eigenvalue weighted by Gasteiger charge is -2.20. The highest BCUT2D eigenvalue weighted by atomic mass is 79.9. The molecule has 0 bridgehead atoms. The van der Waals surface area contributed by atoms with Crippen LogP contribution < -0.4 is 10.3 Å². The molecule has 6 nitrogen and oxygen atoms in total. The summed E-state index contributed by atoms with van der Waals surface area (Å²) in [6, 6.07) is 16.5. The number of aromatic amines is 1. The molecule has 0 atom stereocenters. The number of hydrogen-bond acceptors (Lipinski definition) is 6. The molecule has 0 saturated carbocycles. The number of hydrazone groups is 1. The van der Waals surface area contributed by atoms with Crippen molar-refractivity contribution in [1.82, 2.24) is 15.2 Å². The van der Waals surface area contributed by atoms with Crippen molar-refractivity contribution < 1.29 is 0 Å². The van der Waals surface area contributed by atoms with Gasteiger partial charge < -0.3 is 4.90 Å². The van der Waals surface area contributed by atoms with Gasteiger partial charge in [-0.15, -0.1) is 5.10 Å². The van der Waals surface area contributed by atoms with Crippen LogP contribution in [0.3, 0.4) is 0 Å². The summed E-state index contributed by atoms with van der Waals surface area (Å²) >= 11 is 5.05. The Hall–Kier alpha value is -2.32. The van der Waals surface area contributed by atoms with Gasteiger partial charge in [0.25, 0.3) is 0 Å². The van der Waals surface area contributed by atoms with Crippen molar-refractivity contribution in [2.45, 2.75) is 24.8 Å². The molecule has 0 aliphatic heterocycles. The highest BCUT2D eigenvalue weighted by molar-refractivity contribution is 9.10. The molecule has 0 amide bonds. The third-order valence-corrected chi connectivity index (χ3v) is 5.54. The highest BCUT2D eigenvalue weighted by Crippen LogP contribution is 2.22. The number of hydrogen-bond donors (Lipinski definition) is 2. The van der Waals surface area contributed by atoms with E-state index >= 15 is 0 Å². The van der Waals surface area contributed by atoms with Crippen LogP contribution in [-0.2, 0) is 5.75 Å². The van der Waals surface area contributed by atoms with Gasteiger partial charge in [0, 0.05) is 29.0 Å². The second-order valence-corrected chi connectivity index (χ2v) is 7.88. The molecule has 0 aliphatic rings. The number of thioether (sulfide) groups is 1. The van der Waals surface area contributed by atoms with Crippen LogP contribution >= 0.6 is 27.7 Å². The lowest BCUT2D eigenvalue weighted by molar-refractivity contribution is 0.866. The summed E-state index contributed by atoms with van der Waals surface area (Å²) in [6.07, 6.45) is 1.77. The molecule has 0 unspecified atom stereocenters. The molecule has 0 saturated heterocycles. The SMILES string of the molecule is CCN(CC)c1ccc(/C=N\Nc2nc(SCc3cccc(Br)c3)n[nH]2)cc1. The molecule has 1 aromatic heterocycles. The van der Waals surface area contributed by atoms with Crippen LogP contribution in [0.4, 0.5) is 11.6 Å². The maximum Gasteiger partial charge on any atom is 0.240 e. The fourth-order valence-corrected chi connectivity index (χ4v) is 3.85. The Labute approximate surface area is 178 Å². The van der Waals surface area contributed by atoms with E-state index in [9.17, 15) is 0 Å². The number of aromatic nitrogens is 3. The van der Waals surface area contributed by atoms with E-state index in [-0.39, 0.29) is 0 Å². The van der Waals surface area contributed by atoms with Gasteiger partial charge in [0.15, 0.2) is 0 Å². The zero-order valence-corrected chi connectivity index (χ0v) is 18.3. The summed E-state index contributed by atoms with van der Waals surface area (Å²) in [5.41, 5.74) is 6.34. The molecule has 0 aliphatic carbocycles. The van der Waals surface area contributed by atoms with Gasteiger partial charge in [-0.3, -0.25) is 0 Å². The predicted molar refractivity (Wildman–Crippen MR) is 121 cm³/mol. The summed E-state index contributed by atoms with van der Waals surface area (Å²) in [7, 11) is 0. The summed E-state index contributed by atoms with van der Waals surface area (Å²) in [5, 5.41) is 12.0. The summed E-state index contributed by atoms with van der Waals surface area (Å²) < 4.78 is 1.07. The third-order valence-electron chi connectivity index (χ3n) is 4.13. The second-order valence-electron chi connectivity index (χ2n) is 6.02. The van der Waals surface area contributed by atoms with Crippen LogP contribution in [0.2, 0.25) is 0 Å². The Morgan fingerprint density at radius 3 is 2.68 bits per heavy atom. The van der Waals surface area contributed by atoms with Crippen molar-refractivity contribution in [1.29, 1.82) is 0 Å². The van der Waals surface area contributed by atoms with Crippen molar-refractivity contribution >= 4 is 45.5 Å². The molecular weight excluding hydrogens is 436 g/mol. The zero-order chi connectivity index (χ0) is 19.8. The lowest BCUT2D eigenvalue weighted by Crippen LogP contribution is -2.21. The fraction of sp³-hybridized carbons (Fsp3) is 0.250. The first kappa shape index (κ1) is 20.4. The Morgan fingerprint density at radius 1 is 1.18 bits per heavy atom. The van der Waals surface area contributed by atoms with Crippen molar-refractivity contribution in [3.8, 4) is 0 Å². The Morgan fingerprint density at radius 2 is 1.96 bits per heavy atom.